The first kappa shape index (κ1) is 21.0. The molecule has 0 bridgehead atoms. The molecule has 9 nitrogen and oxygen atoms in total. The Morgan fingerprint density at radius 1 is 1.24 bits per heavy atom. The standard InChI is InChI=1S/C19H24N4O5S/c1-11(2)17(19(26)20-12-7-8-29(27,28)10-12)21-16(24)9-15-13-5-3-4-6-14(13)18(25)23-22-15/h3-6,11-12,17H,7-10H2,1-2H3,(H,20,26)(H,21,24)(H,23,25). The number of benzene rings is 1. The van der Waals surface area contributed by atoms with Crippen LogP contribution >= 0.6 is 0 Å². The van der Waals surface area contributed by atoms with Gasteiger partial charge >= 0.3 is 0 Å². The molecule has 1 fully saturated rings. The first-order valence-electron chi connectivity index (χ1n) is 9.43. The lowest BCUT2D eigenvalue weighted by atomic mass is 10.0. The lowest BCUT2D eigenvalue weighted by Crippen LogP contribution is -2.52. The maximum absolute atomic E-state index is 12.6. The predicted octanol–water partition coefficient (Wildman–Crippen LogP) is -0.0903. The lowest BCUT2D eigenvalue weighted by Gasteiger charge is -2.23. The molecule has 3 rings (SSSR count). The minimum Gasteiger partial charge on any atom is -0.351 e. The zero-order valence-electron chi connectivity index (χ0n) is 16.3. The van der Waals surface area contributed by atoms with Crippen LogP contribution in [0.3, 0.4) is 0 Å². The molecule has 0 aliphatic carbocycles. The number of aromatic amines is 1. The highest BCUT2D eigenvalue weighted by atomic mass is 32.2. The molecule has 0 saturated carbocycles. The van der Waals surface area contributed by atoms with Crippen LogP contribution in [-0.2, 0) is 25.8 Å². The van der Waals surface area contributed by atoms with E-state index in [0.29, 0.717) is 22.9 Å². The van der Waals surface area contributed by atoms with Crippen LogP contribution in [0.1, 0.15) is 26.0 Å². The second-order valence-electron chi connectivity index (χ2n) is 7.62. The van der Waals surface area contributed by atoms with E-state index in [-0.39, 0.29) is 29.4 Å². The summed E-state index contributed by atoms with van der Waals surface area (Å²) in [6, 6.07) is 5.61. The number of aromatic nitrogens is 2. The number of nitrogens with one attached hydrogen (secondary N) is 3. The van der Waals surface area contributed by atoms with Crippen LogP contribution < -0.4 is 16.2 Å². The number of rotatable bonds is 6. The molecular weight excluding hydrogens is 396 g/mol. The number of hydrogen-bond donors (Lipinski definition) is 3. The van der Waals surface area contributed by atoms with Gasteiger partial charge in [0.2, 0.25) is 11.8 Å². The van der Waals surface area contributed by atoms with Gasteiger partial charge in [-0.25, -0.2) is 13.5 Å². The van der Waals surface area contributed by atoms with Gasteiger partial charge in [-0.3, -0.25) is 14.4 Å². The molecule has 1 aliphatic rings. The van der Waals surface area contributed by atoms with Gasteiger partial charge in [0.15, 0.2) is 9.84 Å². The van der Waals surface area contributed by atoms with E-state index in [1.54, 1.807) is 38.1 Å². The van der Waals surface area contributed by atoms with E-state index in [2.05, 4.69) is 20.8 Å². The number of carbonyl (C=O) groups excluding carboxylic acids is 2. The summed E-state index contributed by atoms with van der Waals surface area (Å²) in [6.07, 6.45) is 0.270. The van der Waals surface area contributed by atoms with Crippen molar-refractivity contribution in [1.82, 2.24) is 20.8 Å². The lowest BCUT2D eigenvalue weighted by molar-refractivity contribution is -0.130. The highest BCUT2D eigenvalue weighted by Crippen LogP contribution is 2.14. The molecule has 1 aliphatic heterocycles. The fourth-order valence-corrected chi connectivity index (χ4v) is 5.09. The number of sulfone groups is 1. The van der Waals surface area contributed by atoms with Gasteiger partial charge in [-0.1, -0.05) is 32.0 Å². The molecule has 2 atom stereocenters. The smallest absolute Gasteiger partial charge is 0.272 e. The fraction of sp³-hybridized carbons (Fsp3) is 0.474. The minimum atomic E-state index is -3.11. The molecule has 0 radical (unpaired) electrons. The van der Waals surface area contributed by atoms with Gasteiger partial charge in [-0.2, -0.15) is 5.10 Å². The summed E-state index contributed by atoms with van der Waals surface area (Å²) in [7, 11) is -3.11. The summed E-state index contributed by atoms with van der Waals surface area (Å²) in [5.74, 6) is -1.04. The molecule has 2 amide bonds. The Labute approximate surface area is 168 Å². The Morgan fingerprint density at radius 2 is 1.93 bits per heavy atom. The van der Waals surface area contributed by atoms with Crippen LogP contribution in [0.4, 0.5) is 0 Å². The number of amides is 2. The van der Waals surface area contributed by atoms with Gasteiger partial charge in [-0.05, 0) is 18.4 Å². The van der Waals surface area contributed by atoms with Crippen molar-refractivity contribution < 1.29 is 18.0 Å². The van der Waals surface area contributed by atoms with Crippen molar-refractivity contribution in [2.75, 3.05) is 11.5 Å². The van der Waals surface area contributed by atoms with Crippen molar-refractivity contribution in [3.63, 3.8) is 0 Å². The van der Waals surface area contributed by atoms with Gasteiger partial charge < -0.3 is 10.6 Å². The van der Waals surface area contributed by atoms with Crippen LogP contribution in [0.15, 0.2) is 29.1 Å². The average Bonchev–Trinajstić information content (AvgIpc) is 3.00. The van der Waals surface area contributed by atoms with Crippen molar-refractivity contribution in [3.05, 3.63) is 40.3 Å². The van der Waals surface area contributed by atoms with E-state index in [1.807, 2.05) is 0 Å². The zero-order valence-corrected chi connectivity index (χ0v) is 17.1. The highest BCUT2D eigenvalue weighted by molar-refractivity contribution is 7.91. The van der Waals surface area contributed by atoms with Crippen LogP contribution in [0.5, 0.6) is 0 Å². The molecule has 2 unspecified atom stereocenters. The second-order valence-corrected chi connectivity index (χ2v) is 9.85. The monoisotopic (exact) mass is 420 g/mol. The molecule has 156 valence electrons. The fourth-order valence-electron chi connectivity index (χ4n) is 3.42. The number of nitrogens with zero attached hydrogens (tertiary/aromatic N) is 1. The predicted molar refractivity (Wildman–Crippen MR) is 108 cm³/mol. The summed E-state index contributed by atoms with van der Waals surface area (Å²) in [5.41, 5.74) is 0.0678. The molecule has 1 aromatic carbocycles. The Kier molecular flexibility index (Phi) is 6.02. The minimum absolute atomic E-state index is 0.0571. The maximum atomic E-state index is 12.6. The van der Waals surface area contributed by atoms with E-state index >= 15 is 0 Å². The normalized spacial score (nSPS) is 19.2. The quantitative estimate of drug-likeness (QED) is 0.597. The van der Waals surface area contributed by atoms with Gasteiger partial charge in [-0.15, -0.1) is 0 Å². The van der Waals surface area contributed by atoms with Gasteiger partial charge in [0, 0.05) is 11.4 Å². The van der Waals surface area contributed by atoms with E-state index in [0.717, 1.165) is 0 Å². The average molecular weight is 420 g/mol. The topological polar surface area (TPSA) is 138 Å². The van der Waals surface area contributed by atoms with Crippen LogP contribution in [0.2, 0.25) is 0 Å². The highest BCUT2D eigenvalue weighted by Gasteiger charge is 2.32. The van der Waals surface area contributed by atoms with Crippen LogP contribution in [0, 0.1) is 5.92 Å². The van der Waals surface area contributed by atoms with Crippen LogP contribution in [-0.4, -0.2) is 54.0 Å². The molecule has 1 saturated heterocycles. The molecule has 29 heavy (non-hydrogen) atoms. The van der Waals surface area contributed by atoms with Gasteiger partial charge in [0.05, 0.1) is 29.0 Å². The van der Waals surface area contributed by atoms with Crippen molar-refractivity contribution in [2.24, 2.45) is 5.92 Å². The second kappa shape index (κ2) is 8.32. The van der Waals surface area contributed by atoms with Crippen molar-refractivity contribution in [2.45, 2.75) is 38.8 Å². The Bertz CT molecular complexity index is 1090. The SMILES string of the molecule is CC(C)C(NC(=O)Cc1n[nH]c(=O)c2ccccc12)C(=O)NC1CCS(=O)(=O)C1. The Hall–Kier alpha value is -2.75. The first-order chi connectivity index (χ1) is 13.7. The Morgan fingerprint density at radius 3 is 2.55 bits per heavy atom. The summed E-state index contributed by atoms with van der Waals surface area (Å²) in [6.45, 7) is 3.59. The first-order valence-corrected chi connectivity index (χ1v) is 11.2. The molecule has 2 aromatic rings. The van der Waals surface area contributed by atoms with Gasteiger partial charge in [0.1, 0.15) is 6.04 Å². The van der Waals surface area contributed by atoms with Gasteiger partial charge in [0.25, 0.3) is 5.56 Å². The van der Waals surface area contributed by atoms with E-state index < -0.39 is 33.7 Å². The summed E-state index contributed by atoms with van der Waals surface area (Å²) >= 11 is 0. The largest absolute Gasteiger partial charge is 0.351 e. The number of hydrogen-bond acceptors (Lipinski definition) is 6. The van der Waals surface area contributed by atoms with Crippen LogP contribution in [0.25, 0.3) is 10.8 Å². The molecular formula is C19H24N4O5S. The van der Waals surface area contributed by atoms with Crippen molar-refractivity contribution >= 4 is 32.4 Å². The van der Waals surface area contributed by atoms with Crippen molar-refractivity contribution in [1.29, 1.82) is 0 Å². The molecule has 2 heterocycles. The molecule has 10 heteroatoms. The molecule has 0 spiro atoms. The van der Waals surface area contributed by atoms with E-state index in [1.165, 1.54) is 0 Å². The third kappa shape index (κ3) is 5.00. The third-order valence-corrected chi connectivity index (χ3v) is 6.72. The third-order valence-electron chi connectivity index (χ3n) is 4.95. The Balaban J connectivity index is 1.70. The molecule has 3 N–H and O–H groups in total. The van der Waals surface area contributed by atoms with E-state index in [9.17, 15) is 22.8 Å². The summed E-state index contributed by atoms with van der Waals surface area (Å²) < 4.78 is 23.2. The zero-order chi connectivity index (χ0) is 21.2. The molecule has 1 aromatic heterocycles. The number of H-pyrrole nitrogens is 1. The summed E-state index contributed by atoms with van der Waals surface area (Å²) in [4.78, 5) is 37.1. The summed E-state index contributed by atoms with van der Waals surface area (Å²) in [5, 5.41) is 12.8. The maximum Gasteiger partial charge on any atom is 0.272 e. The number of carbonyl (C=O) groups is 2. The van der Waals surface area contributed by atoms with Crippen molar-refractivity contribution in [3.8, 4) is 0 Å². The number of fused-ring (bicyclic) bond motifs is 1. The van der Waals surface area contributed by atoms with E-state index in [4.69, 9.17) is 0 Å².